The van der Waals surface area contributed by atoms with E-state index in [0.29, 0.717) is 6.61 Å². The Morgan fingerprint density at radius 1 is 1.67 bits per heavy atom. The fourth-order valence-corrected chi connectivity index (χ4v) is 2.93. The van der Waals surface area contributed by atoms with Crippen LogP contribution in [0.4, 0.5) is 0 Å². The maximum absolute atomic E-state index is 11.8. The molecule has 1 heterocycles. The van der Waals surface area contributed by atoms with Gasteiger partial charge in [-0.1, -0.05) is 23.1 Å². The molecule has 1 N–H and O–H groups in total. The Bertz CT molecular complexity index is 359. The first kappa shape index (κ1) is 15.4. The maximum atomic E-state index is 11.8. The van der Waals surface area contributed by atoms with Crippen molar-refractivity contribution < 1.29 is 9.53 Å². The van der Waals surface area contributed by atoms with Gasteiger partial charge in [0.15, 0.2) is 4.34 Å². The van der Waals surface area contributed by atoms with Crippen molar-refractivity contribution >= 4 is 29.1 Å². The van der Waals surface area contributed by atoms with Gasteiger partial charge < -0.3 is 10.1 Å². The number of carbonyl (C=O) groups is 1. The monoisotopic (exact) mass is 289 g/mol. The fraction of sp³-hybridized carbons (Fsp3) is 0.727. The Hall–Kier alpha value is -0.660. The zero-order valence-corrected chi connectivity index (χ0v) is 12.6. The van der Waals surface area contributed by atoms with Crippen molar-refractivity contribution in [1.82, 2.24) is 15.5 Å². The minimum Gasteiger partial charge on any atom is -0.465 e. The molecular formula is C11H19N3O2S2. The van der Waals surface area contributed by atoms with Gasteiger partial charge in [0, 0.05) is 5.75 Å². The SMILES string of the molecule is CCOC(=O)C(C)(CCCSc1nncs1)NC. The Balaban J connectivity index is 2.32. The summed E-state index contributed by atoms with van der Waals surface area (Å²) < 4.78 is 6.04. The number of hydrogen-bond donors (Lipinski definition) is 1. The van der Waals surface area contributed by atoms with E-state index in [0.717, 1.165) is 22.9 Å². The van der Waals surface area contributed by atoms with Crippen LogP contribution in [0.15, 0.2) is 9.85 Å². The third-order valence-corrected chi connectivity index (χ3v) is 4.61. The normalized spacial score (nSPS) is 14.2. The van der Waals surface area contributed by atoms with E-state index >= 15 is 0 Å². The lowest BCUT2D eigenvalue weighted by Gasteiger charge is -2.26. The first-order valence-electron chi connectivity index (χ1n) is 5.87. The third-order valence-electron chi connectivity index (χ3n) is 2.66. The van der Waals surface area contributed by atoms with Crippen LogP contribution in [0.5, 0.6) is 0 Å². The third kappa shape index (κ3) is 4.55. The average molecular weight is 289 g/mol. The largest absolute Gasteiger partial charge is 0.465 e. The topological polar surface area (TPSA) is 64.1 Å². The lowest BCUT2D eigenvalue weighted by Crippen LogP contribution is -2.48. The van der Waals surface area contributed by atoms with E-state index in [-0.39, 0.29) is 5.97 Å². The van der Waals surface area contributed by atoms with E-state index in [2.05, 4.69) is 15.5 Å². The number of esters is 1. The molecule has 1 rings (SSSR count). The van der Waals surface area contributed by atoms with E-state index in [1.54, 1.807) is 24.3 Å². The summed E-state index contributed by atoms with van der Waals surface area (Å²) in [4.78, 5) is 11.8. The number of likely N-dealkylation sites (N-methyl/N-ethyl adjacent to an activating group) is 1. The van der Waals surface area contributed by atoms with Crippen molar-refractivity contribution in [2.24, 2.45) is 0 Å². The van der Waals surface area contributed by atoms with Crippen LogP contribution < -0.4 is 5.32 Å². The molecule has 1 atom stereocenters. The highest BCUT2D eigenvalue weighted by Crippen LogP contribution is 2.22. The number of hydrogen-bond acceptors (Lipinski definition) is 7. The van der Waals surface area contributed by atoms with E-state index in [9.17, 15) is 4.79 Å². The van der Waals surface area contributed by atoms with Gasteiger partial charge in [0.1, 0.15) is 11.0 Å². The second-order valence-electron chi connectivity index (χ2n) is 3.96. The Kier molecular flexibility index (Phi) is 6.59. The molecule has 0 saturated heterocycles. The van der Waals surface area contributed by atoms with Crippen LogP contribution in [-0.4, -0.2) is 41.1 Å². The van der Waals surface area contributed by atoms with Crippen LogP contribution in [0, 0.1) is 0 Å². The molecule has 0 amide bonds. The molecule has 0 radical (unpaired) electrons. The van der Waals surface area contributed by atoms with E-state index in [1.807, 2.05) is 13.8 Å². The quantitative estimate of drug-likeness (QED) is 0.448. The first-order chi connectivity index (χ1) is 8.62. The van der Waals surface area contributed by atoms with Crippen molar-refractivity contribution in [3.63, 3.8) is 0 Å². The van der Waals surface area contributed by atoms with Crippen LogP contribution >= 0.6 is 23.1 Å². The predicted octanol–water partition coefficient (Wildman–Crippen LogP) is 1.95. The molecule has 18 heavy (non-hydrogen) atoms. The zero-order chi connectivity index (χ0) is 13.4. The van der Waals surface area contributed by atoms with E-state index < -0.39 is 5.54 Å². The molecular weight excluding hydrogens is 270 g/mol. The number of rotatable bonds is 8. The summed E-state index contributed by atoms with van der Waals surface area (Å²) in [5.41, 5.74) is 1.12. The number of nitrogens with zero attached hydrogens (tertiary/aromatic N) is 2. The highest BCUT2D eigenvalue weighted by Gasteiger charge is 2.32. The van der Waals surface area contributed by atoms with Crippen LogP contribution in [0.25, 0.3) is 0 Å². The van der Waals surface area contributed by atoms with Gasteiger partial charge >= 0.3 is 5.97 Å². The Labute approximate surface area is 116 Å². The molecule has 0 aliphatic rings. The minimum absolute atomic E-state index is 0.187. The molecule has 1 aromatic rings. The lowest BCUT2D eigenvalue weighted by atomic mass is 9.97. The highest BCUT2D eigenvalue weighted by molar-refractivity contribution is 8.00. The molecule has 7 heteroatoms. The standard InChI is InChI=1S/C11H19N3O2S2/c1-4-16-9(15)11(2,12-3)6-5-7-17-10-14-13-8-18-10/h8,12H,4-7H2,1-3H3. The second-order valence-corrected chi connectivity index (χ2v) is 6.13. The summed E-state index contributed by atoms with van der Waals surface area (Å²) in [6, 6.07) is 0. The number of thioether (sulfide) groups is 1. The lowest BCUT2D eigenvalue weighted by molar-refractivity contribution is -0.150. The molecule has 0 aliphatic carbocycles. The number of nitrogens with one attached hydrogen (secondary N) is 1. The summed E-state index contributed by atoms with van der Waals surface area (Å²) in [6.07, 6.45) is 1.66. The second kappa shape index (κ2) is 7.70. The Morgan fingerprint density at radius 3 is 3.00 bits per heavy atom. The molecule has 1 unspecified atom stereocenters. The minimum atomic E-state index is -0.600. The van der Waals surface area contributed by atoms with Gasteiger partial charge in [0.05, 0.1) is 6.61 Å². The van der Waals surface area contributed by atoms with Gasteiger partial charge in [-0.2, -0.15) is 0 Å². The van der Waals surface area contributed by atoms with Gasteiger partial charge in [0.25, 0.3) is 0 Å². The molecule has 0 fully saturated rings. The summed E-state index contributed by atoms with van der Waals surface area (Å²) in [5.74, 6) is 0.736. The number of carbonyl (C=O) groups excluding carboxylic acids is 1. The summed E-state index contributed by atoms with van der Waals surface area (Å²) in [7, 11) is 1.79. The van der Waals surface area contributed by atoms with Crippen LogP contribution in [0.1, 0.15) is 26.7 Å². The highest BCUT2D eigenvalue weighted by atomic mass is 32.2. The molecule has 0 aromatic carbocycles. The molecule has 1 aromatic heterocycles. The summed E-state index contributed by atoms with van der Waals surface area (Å²) in [5, 5.41) is 10.8. The summed E-state index contributed by atoms with van der Waals surface area (Å²) >= 11 is 3.20. The molecule has 0 spiro atoms. The summed E-state index contributed by atoms with van der Waals surface area (Å²) in [6.45, 7) is 4.11. The molecule has 5 nitrogen and oxygen atoms in total. The van der Waals surface area contributed by atoms with Crippen LogP contribution in [0.3, 0.4) is 0 Å². The number of ether oxygens (including phenoxy) is 1. The van der Waals surface area contributed by atoms with E-state index in [1.165, 1.54) is 11.3 Å². The van der Waals surface area contributed by atoms with Gasteiger partial charge in [-0.3, -0.25) is 4.79 Å². The van der Waals surface area contributed by atoms with Gasteiger partial charge in [-0.05, 0) is 33.7 Å². The molecule has 0 bridgehead atoms. The van der Waals surface area contributed by atoms with Crippen molar-refractivity contribution in [3.05, 3.63) is 5.51 Å². The number of aromatic nitrogens is 2. The van der Waals surface area contributed by atoms with Crippen molar-refractivity contribution in [3.8, 4) is 0 Å². The Morgan fingerprint density at radius 2 is 2.44 bits per heavy atom. The maximum Gasteiger partial charge on any atom is 0.326 e. The average Bonchev–Trinajstić information content (AvgIpc) is 2.87. The van der Waals surface area contributed by atoms with Crippen LogP contribution in [0.2, 0.25) is 0 Å². The van der Waals surface area contributed by atoms with Crippen molar-refractivity contribution in [2.45, 2.75) is 36.6 Å². The first-order valence-corrected chi connectivity index (χ1v) is 7.74. The van der Waals surface area contributed by atoms with Crippen molar-refractivity contribution in [1.29, 1.82) is 0 Å². The van der Waals surface area contributed by atoms with Gasteiger partial charge in [-0.15, -0.1) is 10.2 Å². The van der Waals surface area contributed by atoms with Gasteiger partial charge in [-0.25, -0.2) is 0 Å². The fourth-order valence-electron chi connectivity index (χ4n) is 1.43. The van der Waals surface area contributed by atoms with Gasteiger partial charge in [0.2, 0.25) is 0 Å². The molecule has 102 valence electrons. The van der Waals surface area contributed by atoms with Crippen LogP contribution in [-0.2, 0) is 9.53 Å². The predicted molar refractivity (Wildman–Crippen MR) is 74.0 cm³/mol. The zero-order valence-electron chi connectivity index (χ0n) is 10.9. The van der Waals surface area contributed by atoms with Crippen molar-refractivity contribution in [2.75, 3.05) is 19.4 Å². The van der Waals surface area contributed by atoms with E-state index in [4.69, 9.17) is 4.74 Å². The smallest absolute Gasteiger partial charge is 0.326 e. The molecule has 0 aliphatic heterocycles. The molecule has 0 saturated carbocycles.